The fourth-order valence-electron chi connectivity index (χ4n) is 2.79. The number of carboxylic acids is 1. The zero-order chi connectivity index (χ0) is 16.6. The molecule has 0 radical (unpaired) electrons. The summed E-state index contributed by atoms with van der Waals surface area (Å²) in [5.41, 5.74) is 0.649. The van der Waals surface area contributed by atoms with E-state index in [2.05, 4.69) is 4.98 Å². The third-order valence-electron chi connectivity index (χ3n) is 4.12. The van der Waals surface area contributed by atoms with Crippen LogP contribution in [-0.4, -0.2) is 66.4 Å². The summed E-state index contributed by atoms with van der Waals surface area (Å²) in [6.45, 7) is 1.55. The maximum absolute atomic E-state index is 12.6. The van der Waals surface area contributed by atoms with Crippen LogP contribution in [0.15, 0.2) is 12.1 Å². The number of thiophene rings is 1. The number of likely N-dealkylation sites (N-methyl/N-ethyl adjacent to an activating group) is 1. The highest BCUT2D eigenvalue weighted by Gasteiger charge is 2.37. The molecule has 1 aliphatic rings. The minimum Gasteiger partial charge on any atom is -0.477 e. The second-order valence-electron chi connectivity index (χ2n) is 5.73. The van der Waals surface area contributed by atoms with Crippen LogP contribution in [0, 0.1) is 0 Å². The van der Waals surface area contributed by atoms with E-state index < -0.39 is 11.6 Å². The number of H-pyrrole nitrogens is 1. The number of carboxylic acid groups (broad SMARTS) is 1. The van der Waals surface area contributed by atoms with Crippen molar-refractivity contribution in [2.75, 3.05) is 33.9 Å². The molecule has 0 aromatic carbocycles. The van der Waals surface area contributed by atoms with E-state index in [-0.39, 0.29) is 10.8 Å². The Labute approximate surface area is 136 Å². The van der Waals surface area contributed by atoms with Gasteiger partial charge in [0.25, 0.3) is 5.91 Å². The van der Waals surface area contributed by atoms with Crippen molar-refractivity contribution in [1.29, 1.82) is 0 Å². The fraction of sp³-hybridized carbons (Fsp3) is 0.467. The topological polar surface area (TPSA) is 91.9 Å². The molecule has 3 heterocycles. The van der Waals surface area contributed by atoms with Gasteiger partial charge in [-0.15, -0.1) is 11.3 Å². The average molecular weight is 338 g/mol. The molecule has 1 atom stereocenters. The Morgan fingerprint density at radius 1 is 1.52 bits per heavy atom. The predicted molar refractivity (Wildman–Crippen MR) is 85.3 cm³/mol. The number of rotatable bonds is 5. The Bertz CT molecular complexity index is 713. The summed E-state index contributed by atoms with van der Waals surface area (Å²) in [5, 5.41) is 8.98. The molecule has 1 unspecified atom stereocenters. The summed E-state index contributed by atoms with van der Waals surface area (Å²) in [6, 6.07) is 3.23. The van der Waals surface area contributed by atoms with E-state index in [1.165, 1.54) is 0 Å². The minimum atomic E-state index is -0.965. The number of aromatic nitrogens is 1. The van der Waals surface area contributed by atoms with Crippen molar-refractivity contribution < 1.29 is 24.2 Å². The van der Waals surface area contributed by atoms with Gasteiger partial charge in [-0.25, -0.2) is 4.79 Å². The van der Waals surface area contributed by atoms with Crippen molar-refractivity contribution in [2.24, 2.45) is 0 Å². The molecule has 2 aromatic heterocycles. The third kappa shape index (κ3) is 2.97. The number of aromatic carboxylic acids is 1. The molecular formula is C15H18N2O5S. The number of carbonyl (C=O) groups excluding carboxylic acids is 1. The first kappa shape index (κ1) is 16.0. The second-order valence-corrected chi connectivity index (χ2v) is 6.81. The van der Waals surface area contributed by atoms with Gasteiger partial charge in [0, 0.05) is 27.2 Å². The molecule has 1 fully saturated rings. The average Bonchev–Trinajstić information content (AvgIpc) is 3.20. The predicted octanol–water partition coefficient (Wildman–Crippen LogP) is 1.81. The van der Waals surface area contributed by atoms with Gasteiger partial charge in [-0.1, -0.05) is 0 Å². The maximum Gasteiger partial charge on any atom is 0.345 e. The van der Waals surface area contributed by atoms with Crippen LogP contribution in [-0.2, 0) is 9.47 Å². The number of amides is 1. The van der Waals surface area contributed by atoms with Crippen molar-refractivity contribution in [3.63, 3.8) is 0 Å². The van der Waals surface area contributed by atoms with Gasteiger partial charge in [-0.3, -0.25) is 4.79 Å². The Morgan fingerprint density at radius 3 is 2.87 bits per heavy atom. The van der Waals surface area contributed by atoms with Crippen LogP contribution in [0.3, 0.4) is 0 Å². The SMILES string of the molecule is COC1(CN(C)C(=O)c2cc3sc(C(=O)O)cc3[nH]2)CCOC1. The van der Waals surface area contributed by atoms with E-state index >= 15 is 0 Å². The fourth-order valence-corrected chi connectivity index (χ4v) is 3.69. The lowest BCUT2D eigenvalue weighted by Gasteiger charge is -2.30. The summed E-state index contributed by atoms with van der Waals surface area (Å²) >= 11 is 1.15. The number of carbonyl (C=O) groups is 2. The van der Waals surface area contributed by atoms with Gasteiger partial charge in [0.1, 0.15) is 16.2 Å². The number of nitrogens with one attached hydrogen (secondary N) is 1. The standard InChI is InChI=1S/C15H18N2O5S/c1-17(7-15(21-2)3-4-22-8-15)13(18)10-6-11-9(16-10)5-12(23-11)14(19)20/h5-6,16H,3-4,7-8H2,1-2H3,(H,19,20). The van der Waals surface area contributed by atoms with Gasteiger partial charge in [-0.05, 0) is 12.1 Å². The Hall–Kier alpha value is -1.90. The molecule has 2 N–H and O–H groups in total. The largest absolute Gasteiger partial charge is 0.477 e. The zero-order valence-corrected chi connectivity index (χ0v) is 13.7. The van der Waals surface area contributed by atoms with Crippen molar-refractivity contribution in [3.8, 4) is 0 Å². The molecule has 124 valence electrons. The number of hydrogen-bond donors (Lipinski definition) is 2. The second kappa shape index (κ2) is 5.95. The van der Waals surface area contributed by atoms with E-state index in [0.717, 1.165) is 22.5 Å². The van der Waals surface area contributed by atoms with Gasteiger partial charge >= 0.3 is 5.97 Å². The van der Waals surface area contributed by atoms with E-state index in [1.54, 1.807) is 31.2 Å². The van der Waals surface area contributed by atoms with Gasteiger partial charge in [-0.2, -0.15) is 0 Å². The van der Waals surface area contributed by atoms with E-state index in [0.29, 0.717) is 31.0 Å². The molecule has 0 aliphatic carbocycles. The van der Waals surface area contributed by atoms with Crippen LogP contribution in [0.5, 0.6) is 0 Å². The summed E-state index contributed by atoms with van der Waals surface area (Å²) in [7, 11) is 3.35. The Balaban J connectivity index is 1.76. The molecular weight excluding hydrogens is 320 g/mol. The molecule has 0 bridgehead atoms. The maximum atomic E-state index is 12.6. The molecule has 1 saturated heterocycles. The Kier molecular flexibility index (Phi) is 4.13. The molecule has 3 rings (SSSR count). The van der Waals surface area contributed by atoms with Crippen LogP contribution in [0.2, 0.25) is 0 Å². The lowest BCUT2D eigenvalue weighted by molar-refractivity contribution is -0.0331. The van der Waals surface area contributed by atoms with E-state index in [4.69, 9.17) is 14.6 Å². The monoisotopic (exact) mass is 338 g/mol. The molecule has 0 spiro atoms. The van der Waals surface area contributed by atoms with Gasteiger partial charge in [0.05, 0.1) is 23.4 Å². The first-order valence-corrected chi connectivity index (χ1v) is 8.00. The third-order valence-corrected chi connectivity index (χ3v) is 5.19. The van der Waals surface area contributed by atoms with E-state index in [1.807, 2.05) is 0 Å². The van der Waals surface area contributed by atoms with Gasteiger partial charge < -0.3 is 24.5 Å². The molecule has 8 heteroatoms. The lowest BCUT2D eigenvalue weighted by atomic mass is 10.0. The minimum absolute atomic E-state index is 0.159. The zero-order valence-electron chi connectivity index (χ0n) is 12.9. The highest BCUT2D eigenvalue weighted by molar-refractivity contribution is 7.20. The lowest BCUT2D eigenvalue weighted by Crippen LogP contribution is -2.45. The van der Waals surface area contributed by atoms with Crippen LogP contribution < -0.4 is 0 Å². The summed E-state index contributed by atoms with van der Waals surface area (Å²) < 4.78 is 11.7. The molecule has 7 nitrogen and oxygen atoms in total. The number of methoxy groups -OCH3 is 1. The van der Waals surface area contributed by atoms with Gasteiger partial charge in [0.15, 0.2) is 0 Å². The van der Waals surface area contributed by atoms with Crippen molar-refractivity contribution in [2.45, 2.75) is 12.0 Å². The van der Waals surface area contributed by atoms with Crippen LogP contribution in [0.25, 0.3) is 10.2 Å². The Morgan fingerprint density at radius 2 is 2.30 bits per heavy atom. The molecule has 23 heavy (non-hydrogen) atoms. The first-order chi connectivity index (χ1) is 10.9. The number of fused-ring (bicyclic) bond motifs is 1. The van der Waals surface area contributed by atoms with Gasteiger partial charge in [0.2, 0.25) is 0 Å². The molecule has 1 amide bonds. The molecule has 2 aromatic rings. The number of nitrogens with zero attached hydrogens (tertiary/aromatic N) is 1. The van der Waals surface area contributed by atoms with Crippen molar-refractivity contribution in [3.05, 3.63) is 22.7 Å². The summed E-state index contributed by atoms with van der Waals surface area (Å²) in [6.07, 6.45) is 0.753. The summed E-state index contributed by atoms with van der Waals surface area (Å²) in [5.74, 6) is -1.12. The number of aromatic amines is 1. The van der Waals surface area contributed by atoms with Crippen LogP contribution in [0.4, 0.5) is 0 Å². The smallest absolute Gasteiger partial charge is 0.345 e. The molecule has 1 aliphatic heterocycles. The van der Waals surface area contributed by atoms with Crippen molar-refractivity contribution >= 4 is 33.4 Å². The normalized spacial score (nSPS) is 21.0. The first-order valence-electron chi connectivity index (χ1n) is 7.18. The highest BCUT2D eigenvalue weighted by atomic mass is 32.1. The summed E-state index contributed by atoms with van der Waals surface area (Å²) in [4.78, 5) is 28.4. The van der Waals surface area contributed by atoms with Crippen molar-refractivity contribution in [1.82, 2.24) is 9.88 Å². The van der Waals surface area contributed by atoms with E-state index in [9.17, 15) is 9.59 Å². The van der Waals surface area contributed by atoms with Crippen LogP contribution in [0.1, 0.15) is 26.6 Å². The number of ether oxygens (including phenoxy) is 2. The number of hydrogen-bond acceptors (Lipinski definition) is 5. The highest BCUT2D eigenvalue weighted by Crippen LogP contribution is 2.28. The molecule has 0 saturated carbocycles. The quantitative estimate of drug-likeness (QED) is 0.867. The van der Waals surface area contributed by atoms with Crippen LogP contribution >= 0.6 is 11.3 Å².